The van der Waals surface area contributed by atoms with E-state index in [1.165, 1.54) is 12.1 Å². The number of hydrogen-bond donors (Lipinski definition) is 0. The van der Waals surface area contributed by atoms with E-state index in [4.69, 9.17) is 9.84 Å². The number of hydrogen-bond acceptors (Lipinski definition) is 7. The number of para-hydroxylation sites is 1. The molecule has 2 amide bonds. The molecule has 2 heterocycles. The fourth-order valence-electron chi connectivity index (χ4n) is 4.20. The molecule has 0 atom stereocenters. The lowest BCUT2D eigenvalue weighted by Gasteiger charge is -2.27. The van der Waals surface area contributed by atoms with Crippen LogP contribution in [0.1, 0.15) is 32.8 Å². The summed E-state index contributed by atoms with van der Waals surface area (Å²) >= 11 is 0. The van der Waals surface area contributed by atoms with Crippen LogP contribution >= 0.6 is 0 Å². The first kappa shape index (κ1) is 27.2. The van der Waals surface area contributed by atoms with Gasteiger partial charge in [0.2, 0.25) is 0 Å². The molecule has 2 aromatic carbocycles. The Morgan fingerprint density at radius 1 is 1.10 bits per heavy atom. The molecular weight excluding hydrogens is 498 g/mol. The minimum absolute atomic E-state index is 0.0176. The lowest BCUT2D eigenvalue weighted by Crippen LogP contribution is -2.43. The Morgan fingerprint density at radius 2 is 1.79 bits per heavy atom. The number of amides is 2. The standard InChI is InChI=1S/C29H27N5O5/c1-19(2)39-15-7-14-32-28(35)25(20(3)26(17-30)29(32)36)16-22-18-33(23-8-5-4-6-9-23)31-27(22)21-10-12-24(13-11-21)34(37)38/h4-6,8-13,16,18-19H,7,14-15H2,1-3H3/b25-16+. The SMILES string of the molecule is CC1=C(C#N)C(=O)N(CCCOC(C)C)C(=O)/C1=C/c1cn(-c2ccccc2)nc1-c1ccc([N+](=O)[O-])cc1. The molecule has 0 saturated heterocycles. The Morgan fingerprint density at radius 3 is 2.41 bits per heavy atom. The van der Waals surface area contributed by atoms with Crippen LogP contribution in [0.2, 0.25) is 0 Å². The molecule has 10 heteroatoms. The van der Waals surface area contributed by atoms with Gasteiger partial charge in [0, 0.05) is 48.2 Å². The highest BCUT2D eigenvalue weighted by Crippen LogP contribution is 2.32. The zero-order valence-electron chi connectivity index (χ0n) is 21.8. The van der Waals surface area contributed by atoms with Gasteiger partial charge in [0.25, 0.3) is 17.5 Å². The van der Waals surface area contributed by atoms with Gasteiger partial charge in [-0.2, -0.15) is 10.4 Å². The third-order valence-electron chi connectivity index (χ3n) is 6.22. The molecule has 0 aliphatic carbocycles. The zero-order chi connectivity index (χ0) is 28.1. The first-order chi connectivity index (χ1) is 18.7. The summed E-state index contributed by atoms with van der Waals surface area (Å²) < 4.78 is 7.18. The van der Waals surface area contributed by atoms with Crippen molar-refractivity contribution in [3.63, 3.8) is 0 Å². The van der Waals surface area contributed by atoms with Gasteiger partial charge in [0.15, 0.2) is 0 Å². The quantitative estimate of drug-likeness (QED) is 0.128. The minimum Gasteiger partial charge on any atom is -0.379 e. The number of benzene rings is 2. The van der Waals surface area contributed by atoms with Gasteiger partial charge >= 0.3 is 0 Å². The molecular formula is C29H27N5O5. The van der Waals surface area contributed by atoms with Gasteiger partial charge in [-0.05, 0) is 63.1 Å². The lowest BCUT2D eigenvalue weighted by atomic mass is 9.93. The highest BCUT2D eigenvalue weighted by Gasteiger charge is 2.35. The van der Waals surface area contributed by atoms with E-state index >= 15 is 0 Å². The summed E-state index contributed by atoms with van der Waals surface area (Å²) in [5, 5.41) is 25.6. The van der Waals surface area contributed by atoms with E-state index < -0.39 is 16.7 Å². The van der Waals surface area contributed by atoms with Crippen molar-refractivity contribution in [3.05, 3.63) is 93.2 Å². The van der Waals surface area contributed by atoms with E-state index in [0.29, 0.717) is 29.8 Å². The monoisotopic (exact) mass is 525 g/mol. The average Bonchev–Trinajstić information content (AvgIpc) is 3.35. The van der Waals surface area contributed by atoms with E-state index in [-0.39, 0.29) is 35.1 Å². The molecule has 4 rings (SSSR count). The van der Waals surface area contributed by atoms with Gasteiger partial charge in [-0.15, -0.1) is 0 Å². The molecule has 0 saturated carbocycles. The number of imide groups is 1. The van der Waals surface area contributed by atoms with E-state index in [1.54, 1.807) is 36.0 Å². The van der Waals surface area contributed by atoms with Gasteiger partial charge in [0.05, 0.1) is 22.4 Å². The molecule has 3 aromatic rings. The van der Waals surface area contributed by atoms with Crippen molar-refractivity contribution < 1.29 is 19.2 Å². The van der Waals surface area contributed by atoms with Crippen LogP contribution in [0, 0.1) is 21.4 Å². The van der Waals surface area contributed by atoms with E-state index in [2.05, 4.69) is 0 Å². The highest BCUT2D eigenvalue weighted by molar-refractivity contribution is 6.19. The first-order valence-electron chi connectivity index (χ1n) is 12.4. The molecule has 0 bridgehead atoms. The molecule has 0 spiro atoms. The molecule has 0 N–H and O–H groups in total. The van der Waals surface area contributed by atoms with Crippen LogP contribution in [-0.2, 0) is 14.3 Å². The van der Waals surface area contributed by atoms with Crippen molar-refractivity contribution in [3.8, 4) is 23.0 Å². The Labute approximate surface area is 225 Å². The molecule has 0 radical (unpaired) electrons. The van der Waals surface area contributed by atoms with Gasteiger partial charge < -0.3 is 4.74 Å². The smallest absolute Gasteiger partial charge is 0.271 e. The van der Waals surface area contributed by atoms with Crippen LogP contribution in [0.5, 0.6) is 0 Å². The van der Waals surface area contributed by atoms with Crippen LogP contribution in [0.25, 0.3) is 23.0 Å². The van der Waals surface area contributed by atoms with Crippen molar-refractivity contribution >= 4 is 23.6 Å². The lowest BCUT2D eigenvalue weighted by molar-refractivity contribution is -0.384. The number of nitro benzene ring substituents is 1. The van der Waals surface area contributed by atoms with Crippen LogP contribution in [0.4, 0.5) is 5.69 Å². The average molecular weight is 526 g/mol. The third kappa shape index (κ3) is 5.84. The number of nitriles is 1. The fraction of sp³-hybridized carbons (Fsp3) is 0.241. The first-order valence-corrected chi connectivity index (χ1v) is 12.4. The van der Waals surface area contributed by atoms with Crippen LogP contribution < -0.4 is 0 Å². The van der Waals surface area contributed by atoms with E-state index in [1.807, 2.05) is 50.2 Å². The number of non-ortho nitro benzene ring substituents is 1. The van der Waals surface area contributed by atoms with Gasteiger partial charge in [-0.3, -0.25) is 24.6 Å². The topological polar surface area (TPSA) is 131 Å². The Bertz CT molecular complexity index is 1510. The zero-order valence-corrected chi connectivity index (χ0v) is 21.8. The van der Waals surface area contributed by atoms with Crippen LogP contribution in [0.3, 0.4) is 0 Å². The summed E-state index contributed by atoms with van der Waals surface area (Å²) in [7, 11) is 0. The summed E-state index contributed by atoms with van der Waals surface area (Å²) in [6, 6.07) is 17.3. The Kier molecular flexibility index (Phi) is 8.13. The van der Waals surface area contributed by atoms with Crippen molar-refractivity contribution in [1.29, 1.82) is 5.26 Å². The van der Waals surface area contributed by atoms with Gasteiger partial charge in [-0.1, -0.05) is 18.2 Å². The van der Waals surface area contributed by atoms with Crippen molar-refractivity contribution in [1.82, 2.24) is 14.7 Å². The Hall–Kier alpha value is -4.88. The maximum atomic E-state index is 13.5. The molecule has 0 unspecified atom stereocenters. The number of carbonyl (C=O) groups is 2. The van der Waals surface area contributed by atoms with Crippen molar-refractivity contribution in [2.24, 2.45) is 0 Å². The van der Waals surface area contributed by atoms with E-state index in [9.17, 15) is 25.0 Å². The second kappa shape index (κ2) is 11.7. The maximum absolute atomic E-state index is 13.5. The molecule has 1 aromatic heterocycles. The number of nitrogens with zero attached hydrogens (tertiary/aromatic N) is 5. The summed E-state index contributed by atoms with van der Waals surface area (Å²) in [6.45, 7) is 5.85. The van der Waals surface area contributed by atoms with Gasteiger partial charge in [-0.25, -0.2) is 4.68 Å². The molecule has 198 valence electrons. The largest absolute Gasteiger partial charge is 0.379 e. The molecule has 39 heavy (non-hydrogen) atoms. The van der Waals surface area contributed by atoms with E-state index in [0.717, 1.165) is 10.6 Å². The Balaban J connectivity index is 1.80. The fourth-order valence-corrected chi connectivity index (χ4v) is 4.20. The van der Waals surface area contributed by atoms with Crippen LogP contribution in [0.15, 0.2) is 77.5 Å². The summed E-state index contributed by atoms with van der Waals surface area (Å²) in [5.74, 6) is -1.14. The second-order valence-electron chi connectivity index (χ2n) is 9.22. The molecule has 10 nitrogen and oxygen atoms in total. The van der Waals surface area contributed by atoms with Crippen molar-refractivity contribution in [2.45, 2.75) is 33.3 Å². The normalized spacial score (nSPS) is 14.8. The highest BCUT2D eigenvalue weighted by atomic mass is 16.6. The van der Waals surface area contributed by atoms with Crippen LogP contribution in [-0.4, -0.2) is 50.7 Å². The number of rotatable bonds is 9. The number of aromatic nitrogens is 2. The minimum atomic E-state index is -0.628. The van der Waals surface area contributed by atoms with Gasteiger partial charge in [0.1, 0.15) is 11.6 Å². The number of ether oxygens (including phenoxy) is 1. The predicted molar refractivity (Wildman–Crippen MR) is 144 cm³/mol. The summed E-state index contributed by atoms with van der Waals surface area (Å²) in [6.07, 6.45) is 3.80. The third-order valence-corrected chi connectivity index (χ3v) is 6.22. The predicted octanol–water partition coefficient (Wildman–Crippen LogP) is 4.85. The summed E-state index contributed by atoms with van der Waals surface area (Å²) in [4.78, 5) is 38.2. The van der Waals surface area contributed by atoms with Crippen molar-refractivity contribution in [2.75, 3.05) is 13.2 Å². The number of nitro groups is 1. The summed E-state index contributed by atoms with van der Waals surface area (Å²) in [5.41, 5.74) is 2.73. The maximum Gasteiger partial charge on any atom is 0.271 e. The molecule has 0 fully saturated rings. The number of carbonyl (C=O) groups excluding carboxylic acids is 2. The second-order valence-corrected chi connectivity index (χ2v) is 9.22. The molecule has 1 aliphatic rings. The molecule has 1 aliphatic heterocycles.